The van der Waals surface area contributed by atoms with Gasteiger partial charge in [-0.15, -0.1) is 0 Å². The molecule has 3 N–H and O–H groups in total. The number of carboxylic acids is 1. The molecule has 0 spiro atoms. The molecule has 1 aromatic carbocycles. The maximum absolute atomic E-state index is 11.6. The zero-order chi connectivity index (χ0) is 17.5. The number of methoxy groups -OCH3 is 1. The smallest absolute Gasteiger partial charge is 0.320 e. The van der Waals surface area contributed by atoms with Gasteiger partial charge in [-0.25, -0.2) is 0 Å². The van der Waals surface area contributed by atoms with Gasteiger partial charge in [-0.05, 0) is 42.4 Å². The molecule has 2 atom stereocenters. The Morgan fingerprint density at radius 1 is 1.30 bits per heavy atom. The number of aliphatic hydroxyl groups is 1. The van der Waals surface area contributed by atoms with Gasteiger partial charge in [-0.2, -0.15) is 0 Å². The van der Waals surface area contributed by atoms with Crippen LogP contribution in [0.2, 0.25) is 0 Å². The second-order valence-electron chi connectivity index (χ2n) is 7.00. The van der Waals surface area contributed by atoms with Crippen LogP contribution in [0, 0.1) is 5.41 Å². The summed E-state index contributed by atoms with van der Waals surface area (Å²) in [5.74, 6) is -0.145. The van der Waals surface area contributed by atoms with Gasteiger partial charge in [0.15, 0.2) is 0 Å². The largest absolute Gasteiger partial charge is 0.497 e. The Hall–Kier alpha value is -1.59. The van der Waals surface area contributed by atoms with Crippen LogP contribution < -0.4 is 10.1 Å². The van der Waals surface area contributed by atoms with Crippen LogP contribution in [0.4, 0.5) is 0 Å². The van der Waals surface area contributed by atoms with Crippen molar-refractivity contribution in [1.82, 2.24) is 5.32 Å². The van der Waals surface area contributed by atoms with E-state index in [1.54, 1.807) is 7.11 Å². The number of carbonyl (C=O) groups is 1. The summed E-state index contributed by atoms with van der Waals surface area (Å²) in [5.41, 5.74) is 0.998. The van der Waals surface area contributed by atoms with Crippen LogP contribution in [0.15, 0.2) is 24.3 Å². The van der Waals surface area contributed by atoms with Gasteiger partial charge in [0, 0.05) is 12.6 Å². The maximum Gasteiger partial charge on any atom is 0.320 e. The molecule has 130 valence electrons. The number of rotatable bonds is 9. The molecule has 0 aromatic heterocycles. The van der Waals surface area contributed by atoms with Crippen LogP contribution in [0.3, 0.4) is 0 Å². The Kier molecular flexibility index (Phi) is 7.52. The van der Waals surface area contributed by atoms with Crippen molar-refractivity contribution in [3.8, 4) is 5.75 Å². The van der Waals surface area contributed by atoms with Crippen molar-refractivity contribution >= 4 is 5.97 Å². The summed E-state index contributed by atoms with van der Waals surface area (Å²) in [4.78, 5) is 11.6. The van der Waals surface area contributed by atoms with E-state index >= 15 is 0 Å². The lowest BCUT2D eigenvalue weighted by molar-refractivity contribution is -0.140. The summed E-state index contributed by atoms with van der Waals surface area (Å²) in [6.45, 7) is 6.28. The van der Waals surface area contributed by atoms with Crippen molar-refractivity contribution in [2.24, 2.45) is 5.41 Å². The van der Waals surface area contributed by atoms with Gasteiger partial charge in [0.05, 0.1) is 7.11 Å². The molecule has 1 aromatic rings. The minimum Gasteiger partial charge on any atom is -0.497 e. The number of carboxylic acid groups (broad SMARTS) is 1. The molecule has 23 heavy (non-hydrogen) atoms. The summed E-state index contributed by atoms with van der Waals surface area (Å²) in [5, 5.41) is 22.0. The van der Waals surface area contributed by atoms with Gasteiger partial charge < -0.3 is 14.9 Å². The molecule has 0 bridgehead atoms. The first kappa shape index (κ1) is 19.5. The summed E-state index contributed by atoms with van der Waals surface area (Å²) >= 11 is 0. The fourth-order valence-electron chi connectivity index (χ4n) is 2.43. The highest BCUT2D eigenvalue weighted by Crippen LogP contribution is 2.25. The Bertz CT molecular complexity index is 496. The number of benzene rings is 1. The molecule has 0 aliphatic heterocycles. The standard InChI is InChI=1S/C18H29NO4/c1-18(2,3)10-8-16(17(21)22)19-15(9-11-20)13-6-5-7-14(12-13)23-4/h5-7,12,15-16,19-20H,8-11H2,1-4H3,(H,21,22)/t15-,16-/m0/s1. The zero-order valence-electron chi connectivity index (χ0n) is 14.5. The van der Waals surface area contributed by atoms with Crippen LogP contribution in [-0.2, 0) is 4.79 Å². The number of nitrogens with one attached hydrogen (secondary N) is 1. The first-order valence-corrected chi connectivity index (χ1v) is 8.00. The third-order valence-corrected chi connectivity index (χ3v) is 3.80. The second-order valence-corrected chi connectivity index (χ2v) is 7.00. The van der Waals surface area contributed by atoms with E-state index in [1.165, 1.54) is 0 Å². The summed E-state index contributed by atoms with van der Waals surface area (Å²) in [7, 11) is 1.59. The van der Waals surface area contributed by atoms with Crippen LogP contribution in [0.25, 0.3) is 0 Å². The van der Waals surface area contributed by atoms with Crippen LogP contribution in [0.1, 0.15) is 51.6 Å². The third-order valence-electron chi connectivity index (χ3n) is 3.80. The van der Waals surface area contributed by atoms with Crippen molar-refractivity contribution in [2.45, 2.75) is 52.1 Å². The first-order chi connectivity index (χ1) is 10.8. The van der Waals surface area contributed by atoms with Crippen molar-refractivity contribution < 1.29 is 19.7 Å². The van der Waals surface area contributed by atoms with E-state index in [1.807, 2.05) is 24.3 Å². The van der Waals surface area contributed by atoms with E-state index < -0.39 is 12.0 Å². The van der Waals surface area contributed by atoms with E-state index in [9.17, 15) is 15.0 Å². The molecule has 5 heteroatoms. The fourth-order valence-corrected chi connectivity index (χ4v) is 2.43. The van der Waals surface area contributed by atoms with Gasteiger partial charge in [0.25, 0.3) is 0 Å². The van der Waals surface area contributed by atoms with E-state index in [2.05, 4.69) is 26.1 Å². The molecule has 5 nitrogen and oxygen atoms in total. The van der Waals surface area contributed by atoms with Gasteiger partial charge in [0.2, 0.25) is 0 Å². The average Bonchev–Trinajstić information content (AvgIpc) is 2.49. The van der Waals surface area contributed by atoms with E-state index in [4.69, 9.17) is 4.74 Å². The first-order valence-electron chi connectivity index (χ1n) is 8.00. The molecular weight excluding hydrogens is 294 g/mol. The minimum absolute atomic E-state index is 0.0134. The summed E-state index contributed by atoms with van der Waals surface area (Å²) in [6, 6.07) is 6.63. The van der Waals surface area contributed by atoms with E-state index in [-0.39, 0.29) is 18.1 Å². The van der Waals surface area contributed by atoms with Crippen LogP contribution >= 0.6 is 0 Å². The maximum atomic E-state index is 11.6. The Morgan fingerprint density at radius 2 is 2.00 bits per heavy atom. The number of ether oxygens (including phenoxy) is 1. The molecular formula is C18H29NO4. The molecule has 0 aliphatic rings. The summed E-state index contributed by atoms with van der Waals surface area (Å²) < 4.78 is 5.22. The van der Waals surface area contributed by atoms with Gasteiger partial charge in [-0.1, -0.05) is 32.9 Å². The van der Waals surface area contributed by atoms with Crippen molar-refractivity contribution in [1.29, 1.82) is 0 Å². The van der Waals surface area contributed by atoms with Gasteiger partial charge in [-0.3, -0.25) is 10.1 Å². The van der Waals surface area contributed by atoms with Gasteiger partial charge >= 0.3 is 5.97 Å². The Morgan fingerprint density at radius 3 is 2.52 bits per heavy atom. The molecule has 0 aliphatic carbocycles. The predicted octanol–water partition coefficient (Wildman–Crippen LogP) is 2.99. The molecule has 0 fully saturated rings. The quantitative estimate of drug-likeness (QED) is 0.651. The second kappa shape index (κ2) is 8.89. The number of hydrogen-bond acceptors (Lipinski definition) is 4. The number of hydrogen-bond donors (Lipinski definition) is 3. The highest BCUT2D eigenvalue weighted by atomic mass is 16.5. The fraction of sp³-hybridized carbons (Fsp3) is 0.611. The lowest BCUT2D eigenvalue weighted by Crippen LogP contribution is -2.40. The van der Waals surface area contributed by atoms with Crippen LogP contribution in [0.5, 0.6) is 5.75 Å². The molecule has 0 saturated carbocycles. The Labute approximate surface area is 138 Å². The van der Waals surface area contributed by atoms with Crippen molar-refractivity contribution in [3.63, 3.8) is 0 Å². The Balaban J connectivity index is 2.87. The topological polar surface area (TPSA) is 78.8 Å². The molecule has 0 heterocycles. The van der Waals surface area contributed by atoms with Crippen molar-refractivity contribution in [3.05, 3.63) is 29.8 Å². The lowest BCUT2D eigenvalue weighted by Gasteiger charge is -2.26. The highest BCUT2D eigenvalue weighted by molar-refractivity contribution is 5.73. The van der Waals surface area contributed by atoms with E-state index in [0.29, 0.717) is 18.6 Å². The average molecular weight is 323 g/mol. The molecule has 1 rings (SSSR count). The lowest BCUT2D eigenvalue weighted by atomic mass is 9.88. The molecule has 0 radical (unpaired) electrons. The van der Waals surface area contributed by atoms with Crippen molar-refractivity contribution in [2.75, 3.05) is 13.7 Å². The minimum atomic E-state index is -0.861. The number of aliphatic carboxylic acids is 1. The van der Waals surface area contributed by atoms with Crippen LogP contribution in [-0.4, -0.2) is 35.9 Å². The van der Waals surface area contributed by atoms with Gasteiger partial charge in [0.1, 0.15) is 11.8 Å². The number of aliphatic hydroxyl groups excluding tert-OH is 1. The third kappa shape index (κ3) is 7.01. The highest BCUT2D eigenvalue weighted by Gasteiger charge is 2.24. The monoisotopic (exact) mass is 323 g/mol. The SMILES string of the molecule is COc1cccc([C@H](CCO)N[C@@H](CCC(C)(C)C)C(=O)O)c1. The summed E-state index contributed by atoms with van der Waals surface area (Å²) in [6.07, 6.45) is 1.80. The normalized spacial score (nSPS) is 14.3. The predicted molar refractivity (Wildman–Crippen MR) is 90.7 cm³/mol. The molecule has 0 unspecified atom stereocenters. The molecule has 0 saturated heterocycles. The van der Waals surface area contributed by atoms with E-state index in [0.717, 1.165) is 12.0 Å². The molecule has 0 amide bonds. The zero-order valence-corrected chi connectivity index (χ0v) is 14.5.